The van der Waals surface area contributed by atoms with Crippen LogP contribution in [0.5, 0.6) is 0 Å². The first kappa shape index (κ1) is 13.6. The van der Waals surface area contributed by atoms with Crippen molar-refractivity contribution >= 4 is 17.7 Å². The zero-order valence-electron chi connectivity index (χ0n) is 9.99. The third-order valence-electron chi connectivity index (χ3n) is 2.84. The standard InChI is InChI=1S/C11H19N3O3/c1-7(3-2-6-12)10(16)13-8-4-5-9(15)14-11(8)17/h7-8H,2-6,12H2,1H3,(H,13,16)(H,14,15,17). The van der Waals surface area contributed by atoms with Crippen molar-refractivity contribution in [1.82, 2.24) is 10.6 Å². The van der Waals surface area contributed by atoms with Crippen LogP contribution in [-0.2, 0) is 14.4 Å². The molecule has 1 aliphatic heterocycles. The van der Waals surface area contributed by atoms with E-state index < -0.39 is 11.9 Å². The van der Waals surface area contributed by atoms with Crippen molar-refractivity contribution < 1.29 is 14.4 Å². The second-order valence-corrected chi connectivity index (χ2v) is 4.34. The molecule has 0 saturated carbocycles. The van der Waals surface area contributed by atoms with Gasteiger partial charge in [-0.3, -0.25) is 19.7 Å². The maximum atomic E-state index is 11.7. The molecular weight excluding hydrogens is 222 g/mol. The molecule has 1 fully saturated rings. The first-order valence-electron chi connectivity index (χ1n) is 5.88. The van der Waals surface area contributed by atoms with Gasteiger partial charge >= 0.3 is 0 Å². The molecule has 0 bridgehead atoms. The van der Waals surface area contributed by atoms with Crippen LogP contribution in [0.25, 0.3) is 0 Å². The predicted molar refractivity (Wildman–Crippen MR) is 61.8 cm³/mol. The molecular formula is C11H19N3O3. The first-order chi connectivity index (χ1) is 8.04. The minimum absolute atomic E-state index is 0.159. The molecule has 0 aromatic carbocycles. The molecule has 0 aliphatic carbocycles. The van der Waals surface area contributed by atoms with Crippen LogP contribution in [-0.4, -0.2) is 30.3 Å². The van der Waals surface area contributed by atoms with Gasteiger partial charge < -0.3 is 11.1 Å². The number of nitrogens with two attached hydrogens (primary N) is 1. The van der Waals surface area contributed by atoms with E-state index in [0.717, 1.165) is 6.42 Å². The highest BCUT2D eigenvalue weighted by Gasteiger charge is 2.28. The molecule has 2 atom stereocenters. The Morgan fingerprint density at radius 1 is 1.59 bits per heavy atom. The van der Waals surface area contributed by atoms with E-state index in [1.165, 1.54) is 0 Å². The number of carbonyl (C=O) groups is 3. The largest absolute Gasteiger partial charge is 0.344 e. The Balaban J connectivity index is 2.40. The molecule has 0 radical (unpaired) electrons. The van der Waals surface area contributed by atoms with Crippen LogP contribution in [0.15, 0.2) is 0 Å². The van der Waals surface area contributed by atoms with Gasteiger partial charge in [0.25, 0.3) is 0 Å². The molecule has 96 valence electrons. The van der Waals surface area contributed by atoms with E-state index in [2.05, 4.69) is 10.6 Å². The van der Waals surface area contributed by atoms with Crippen LogP contribution in [0.2, 0.25) is 0 Å². The normalized spacial score (nSPS) is 21.9. The smallest absolute Gasteiger partial charge is 0.249 e. The molecule has 4 N–H and O–H groups in total. The monoisotopic (exact) mass is 241 g/mol. The topological polar surface area (TPSA) is 101 Å². The van der Waals surface area contributed by atoms with E-state index in [1.807, 2.05) is 0 Å². The molecule has 0 spiro atoms. The molecule has 1 heterocycles. The van der Waals surface area contributed by atoms with E-state index in [4.69, 9.17) is 5.73 Å². The van der Waals surface area contributed by atoms with Crippen LogP contribution < -0.4 is 16.4 Å². The van der Waals surface area contributed by atoms with Crippen molar-refractivity contribution in [2.45, 2.75) is 38.6 Å². The molecule has 6 nitrogen and oxygen atoms in total. The van der Waals surface area contributed by atoms with Crippen molar-refractivity contribution in [2.24, 2.45) is 11.7 Å². The maximum Gasteiger partial charge on any atom is 0.249 e. The highest BCUT2D eigenvalue weighted by molar-refractivity contribution is 6.01. The van der Waals surface area contributed by atoms with E-state index >= 15 is 0 Å². The number of rotatable bonds is 5. The van der Waals surface area contributed by atoms with Crippen molar-refractivity contribution in [3.63, 3.8) is 0 Å². The maximum absolute atomic E-state index is 11.7. The van der Waals surface area contributed by atoms with Gasteiger partial charge in [0.15, 0.2) is 0 Å². The van der Waals surface area contributed by atoms with E-state index in [9.17, 15) is 14.4 Å². The highest BCUT2D eigenvalue weighted by Crippen LogP contribution is 2.08. The summed E-state index contributed by atoms with van der Waals surface area (Å²) in [7, 11) is 0. The lowest BCUT2D eigenvalue weighted by molar-refractivity contribution is -0.138. The molecule has 0 aromatic rings. The third-order valence-corrected chi connectivity index (χ3v) is 2.84. The summed E-state index contributed by atoms with van der Waals surface area (Å²) >= 11 is 0. The lowest BCUT2D eigenvalue weighted by atomic mass is 10.0. The van der Waals surface area contributed by atoms with Gasteiger partial charge in [0.05, 0.1) is 0 Å². The van der Waals surface area contributed by atoms with Crippen LogP contribution in [0, 0.1) is 5.92 Å². The second-order valence-electron chi connectivity index (χ2n) is 4.34. The number of nitrogens with one attached hydrogen (secondary N) is 2. The van der Waals surface area contributed by atoms with Gasteiger partial charge in [0, 0.05) is 12.3 Å². The summed E-state index contributed by atoms with van der Waals surface area (Å²) < 4.78 is 0. The molecule has 6 heteroatoms. The Labute approximate surface area is 100 Å². The fraction of sp³-hybridized carbons (Fsp3) is 0.727. The summed E-state index contributed by atoms with van der Waals surface area (Å²) in [6.45, 7) is 2.35. The summed E-state index contributed by atoms with van der Waals surface area (Å²) in [6, 6.07) is -0.583. The van der Waals surface area contributed by atoms with Gasteiger partial charge in [-0.15, -0.1) is 0 Å². The van der Waals surface area contributed by atoms with Gasteiger partial charge in [-0.25, -0.2) is 0 Å². The van der Waals surface area contributed by atoms with E-state index in [-0.39, 0.29) is 24.2 Å². The zero-order valence-corrected chi connectivity index (χ0v) is 9.99. The van der Waals surface area contributed by atoms with Crippen molar-refractivity contribution in [2.75, 3.05) is 6.54 Å². The summed E-state index contributed by atoms with van der Waals surface area (Å²) in [5.41, 5.74) is 5.37. The molecule has 2 unspecified atom stereocenters. The molecule has 0 aromatic heterocycles. The Hall–Kier alpha value is -1.43. The van der Waals surface area contributed by atoms with Gasteiger partial charge in [0.1, 0.15) is 6.04 Å². The molecule has 17 heavy (non-hydrogen) atoms. The Kier molecular flexibility index (Phi) is 5.09. The molecule has 3 amide bonds. The van der Waals surface area contributed by atoms with Crippen molar-refractivity contribution in [1.29, 1.82) is 0 Å². The number of carbonyl (C=O) groups excluding carboxylic acids is 3. The van der Waals surface area contributed by atoms with Crippen LogP contribution in [0.4, 0.5) is 0 Å². The second kappa shape index (κ2) is 6.34. The summed E-state index contributed by atoms with van der Waals surface area (Å²) in [5.74, 6) is -1.02. The zero-order chi connectivity index (χ0) is 12.8. The van der Waals surface area contributed by atoms with E-state index in [1.54, 1.807) is 6.92 Å². The number of hydrogen-bond donors (Lipinski definition) is 3. The lowest BCUT2D eigenvalue weighted by Crippen LogP contribution is -2.53. The third kappa shape index (κ3) is 4.14. The quantitative estimate of drug-likeness (QED) is 0.553. The Bertz CT molecular complexity index is 317. The Morgan fingerprint density at radius 2 is 2.29 bits per heavy atom. The van der Waals surface area contributed by atoms with Crippen molar-refractivity contribution in [3.8, 4) is 0 Å². The average Bonchev–Trinajstić information content (AvgIpc) is 2.29. The van der Waals surface area contributed by atoms with Gasteiger partial charge in [-0.05, 0) is 25.8 Å². The minimum Gasteiger partial charge on any atom is -0.344 e. The SMILES string of the molecule is CC(CCCN)C(=O)NC1CCC(=O)NC1=O. The fourth-order valence-electron chi connectivity index (χ4n) is 1.70. The Morgan fingerprint density at radius 3 is 2.88 bits per heavy atom. The van der Waals surface area contributed by atoms with Gasteiger partial charge in [-0.1, -0.05) is 6.92 Å². The molecule has 1 rings (SSSR count). The summed E-state index contributed by atoms with van der Waals surface area (Å²) in [6.07, 6.45) is 2.13. The highest BCUT2D eigenvalue weighted by atomic mass is 16.2. The molecule has 1 saturated heterocycles. The fourth-order valence-corrected chi connectivity index (χ4v) is 1.70. The molecule has 1 aliphatic rings. The average molecular weight is 241 g/mol. The summed E-state index contributed by atoms with van der Waals surface area (Å²) in [4.78, 5) is 34.1. The number of piperidine rings is 1. The number of hydrogen-bond acceptors (Lipinski definition) is 4. The van der Waals surface area contributed by atoms with Gasteiger partial charge in [0.2, 0.25) is 17.7 Å². The van der Waals surface area contributed by atoms with Crippen LogP contribution in [0.3, 0.4) is 0 Å². The lowest BCUT2D eigenvalue weighted by Gasteiger charge is -2.23. The first-order valence-corrected chi connectivity index (χ1v) is 5.88. The van der Waals surface area contributed by atoms with E-state index in [0.29, 0.717) is 19.4 Å². The summed E-state index contributed by atoms with van der Waals surface area (Å²) in [5, 5.41) is 4.86. The number of amides is 3. The minimum atomic E-state index is -0.583. The van der Waals surface area contributed by atoms with Crippen LogP contribution >= 0.6 is 0 Å². The predicted octanol–water partition coefficient (Wildman–Crippen LogP) is -0.717. The van der Waals surface area contributed by atoms with Crippen molar-refractivity contribution in [3.05, 3.63) is 0 Å². The van der Waals surface area contributed by atoms with Gasteiger partial charge in [-0.2, -0.15) is 0 Å². The number of imide groups is 1. The van der Waals surface area contributed by atoms with Crippen LogP contribution in [0.1, 0.15) is 32.6 Å².